The van der Waals surface area contributed by atoms with Crippen molar-refractivity contribution in [3.63, 3.8) is 0 Å². The number of nitrogens with one attached hydrogen (secondary N) is 2. The SMILES string of the molecule is Cc1ccc(C(C)C)c(OCC(=O)NNC(=O)C(C)Sc2ccccc2)c1. The Hall–Kier alpha value is -2.47. The molecule has 144 valence electrons. The molecule has 0 aliphatic rings. The summed E-state index contributed by atoms with van der Waals surface area (Å²) in [6, 6.07) is 15.6. The normalized spacial score (nSPS) is 11.7. The van der Waals surface area contributed by atoms with Crippen LogP contribution in [0.15, 0.2) is 53.4 Å². The summed E-state index contributed by atoms with van der Waals surface area (Å²) in [5.74, 6) is 0.311. The maximum atomic E-state index is 12.1. The highest BCUT2D eigenvalue weighted by atomic mass is 32.2. The second-order valence-corrected chi connectivity index (χ2v) is 8.01. The van der Waals surface area contributed by atoms with Gasteiger partial charge >= 0.3 is 0 Å². The first-order valence-electron chi connectivity index (χ1n) is 8.90. The molecule has 0 aliphatic carbocycles. The Morgan fingerprint density at radius 1 is 1.04 bits per heavy atom. The zero-order valence-electron chi connectivity index (χ0n) is 16.1. The Kier molecular flexibility index (Phi) is 7.73. The van der Waals surface area contributed by atoms with Crippen molar-refractivity contribution in [1.29, 1.82) is 0 Å². The van der Waals surface area contributed by atoms with Crippen LogP contribution in [-0.2, 0) is 9.59 Å². The van der Waals surface area contributed by atoms with Crippen molar-refractivity contribution in [1.82, 2.24) is 10.9 Å². The molecular weight excluding hydrogens is 360 g/mol. The van der Waals surface area contributed by atoms with Gasteiger partial charge in [-0.15, -0.1) is 11.8 Å². The van der Waals surface area contributed by atoms with Gasteiger partial charge in [-0.05, 0) is 49.1 Å². The van der Waals surface area contributed by atoms with Crippen molar-refractivity contribution in [2.45, 2.75) is 43.8 Å². The number of carbonyl (C=O) groups excluding carboxylic acids is 2. The van der Waals surface area contributed by atoms with E-state index in [1.165, 1.54) is 11.8 Å². The summed E-state index contributed by atoms with van der Waals surface area (Å²) in [7, 11) is 0. The van der Waals surface area contributed by atoms with Gasteiger partial charge in [0.25, 0.3) is 11.8 Å². The Balaban J connectivity index is 1.81. The van der Waals surface area contributed by atoms with Crippen LogP contribution in [0.3, 0.4) is 0 Å². The van der Waals surface area contributed by atoms with Gasteiger partial charge in [-0.2, -0.15) is 0 Å². The fourth-order valence-electron chi connectivity index (χ4n) is 2.41. The smallest absolute Gasteiger partial charge is 0.276 e. The van der Waals surface area contributed by atoms with Gasteiger partial charge in [-0.25, -0.2) is 0 Å². The van der Waals surface area contributed by atoms with Crippen molar-refractivity contribution in [2.24, 2.45) is 0 Å². The third kappa shape index (κ3) is 6.64. The molecule has 2 aromatic carbocycles. The maximum Gasteiger partial charge on any atom is 0.276 e. The third-order valence-electron chi connectivity index (χ3n) is 3.90. The van der Waals surface area contributed by atoms with Crippen molar-refractivity contribution < 1.29 is 14.3 Å². The quantitative estimate of drug-likeness (QED) is 0.561. The molecule has 5 nitrogen and oxygen atoms in total. The van der Waals surface area contributed by atoms with E-state index in [2.05, 4.69) is 24.7 Å². The lowest BCUT2D eigenvalue weighted by Gasteiger charge is -2.16. The molecule has 1 unspecified atom stereocenters. The lowest BCUT2D eigenvalue weighted by atomic mass is 10.0. The molecule has 1 atom stereocenters. The van der Waals surface area contributed by atoms with Gasteiger partial charge in [0.15, 0.2) is 6.61 Å². The monoisotopic (exact) mass is 386 g/mol. The predicted molar refractivity (Wildman–Crippen MR) is 109 cm³/mol. The molecule has 0 heterocycles. The van der Waals surface area contributed by atoms with Crippen molar-refractivity contribution in [3.05, 3.63) is 59.7 Å². The summed E-state index contributed by atoms with van der Waals surface area (Å²) in [5.41, 5.74) is 6.97. The topological polar surface area (TPSA) is 67.4 Å². The van der Waals surface area contributed by atoms with Crippen LogP contribution in [0.2, 0.25) is 0 Å². The first kappa shape index (κ1) is 20.8. The third-order valence-corrected chi connectivity index (χ3v) is 5.01. The molecule has 6 heteroatoms. The van der Waals surface area contributed by atoms with Gasteiger partial charge in [-0.1, -0.05) is 44.2 Å². The summed E-state index contributed by atoms with van der Waals surface area (Å²) < 4.78 is 5.66. The number of hydrogen-bond donors (Lipinski definition) is 2. The fourth-order valence-corrected chi connectivity index (χ4v) is 3.30. The number of amides is 2. The lowest BCUT2D eigenvalue weighted by molar-refractivity contribution is -0.129. The Bertz CT molecular complexity index is 778. The predicted octanol–water partition coefficient (Wildman–Crippen LogP) is 3.83. The second-order valence-electron chi connectivity index (χ2n) is 6.60. The molecule has 0 saturated heterocycles. The van der Waals surface area contributed by atoms with E-state index in [0.29, 0.717) is 11.7 Å². The number of hydrazine groups is 1. The fraction of sp³-hybridized carbons (Fsp3) is 0.333. The summed E-state index contributed by atoms with van der Waals surface area (Å²) in [6.45, 7) is 7.75. The van der Waals surface area contributed by atoms with Crippen LogP contribution in [0.4, 0.5) is 0 Å². The lowest BCUT2D eigenvalue weighted by Crippen LogP contribution is -2.46. The van der Waals surface area contributed by atoms with E-state index in [1.807, 2.05) is 55.5 Å². The molecule has 2 rings (SSSR count). The largest absolute Gasteiger partial charge is 0.483 e. The van der Waals surface area contributed by atoms with Gasteiger partial charge in [0.2, 0.25) is 0 Å². The highest BCUT2D eigenvalue weighted by Gasteiger charge is 2.15. The number of hydrogen-bond acceptors (Lipinski definition) is 4. The maximum absolute atomic E-state index is 12.1. The van der Waals surface area contributed by atoms with Gasteiger partial charge in [-0.3, -0.25) is 20.4 Å². The number of ether oxygens (including phenoxy) is 1. The van der Waals surface area contributed by atoms with Gasteiger partial charge < -0.3 is 4.74 Å². The number of aryl methyl sites for hydroxylation is 1. The molecule has 0 saturated carbocycles. The van der Waals surface area contributed by atoms with Crippen LogP contribution in [-0.4, -0.2) is 23.7 Å². The van der Waals surface area contributed by atoms with E-state index in [9.17, 15) is 9.59 Å². The minimum absolute atomic E-state index is 0.163. The Labute approximate surface area is 164 Å². The van der Waals surface area contributed by atoms with E-state index < -0.39 is 5.91 Å². The number of benzene rings is 2. The standard InChI is InChI=1S/C21H26N2O3S/c1-14(2)18-11-10-15(3)12-19(18)26-13-20(24)22-23-21(25)16(4)27-17-8-6-5-7-9-17/h5-12,14,16H,13H2,1-4H3,(H,22,24)(H,23,25). The molecule has 2 aromatic rings. The van der Waals surface area contributed by atoms with E-state index >= 15 is 0 Å². The summed E-state index contributed by atoms with van der Waals surface area (Å²) in [5, 5.41) is -0.335. The van der Waals surface area contributed by atoms with Crippen LogP contribution in [0.25, 0.3) is 0 Å². The summed E-state index contributed by atoms with van der Waals surface area (Å²) in [4.78, 5) is 25.1. The van der Waals surface area contributed by atoms with Crippen molar-refractivity contribution in [2.75, 3.05) is 6.61 Å². The van der Waals surface area contributed by atoms with E-state index in [-0.39, 0.29) is 17.8 Å². The van der Waals surface area contributed by atoms with Crippen molar-refractivity contribution >= 4 is 23.6 Å². The molecule has 2 N–H and O–H groups in total. The Morgan fingerprint density at radius 3 is 2.41 bits per heavy atom. The van der Waals surface area contributed by atoms with Crippen LogP contribution in [0.1, 0.15) is 37.8 Å². The van der Waals surface area contributed by atoms with E-state index in [4.69, 9.17) is 4.74 Å². The van der Waals surface area contributed by atoms with E-state index in [1.54, 1.807) is 6.92 Å². The molecular formula is C21H26N2O3S. The minimum Gasteiger partial charge on any atom is -0.483 e. The molecule has 0 fully saturated rings. The van der Waals surface area contributed by atoms with Crippen LogP contribution < -0.4 is 15.6 Å². The molecule has 0 radical (unpaired) electrons. The van der Waals surface area contributed by atoms with Crippen LogP contribution >= 0.6 is 11.8 Å². The number of rotatable bonds is 7. The molecule has 2 amide bonds. The summed E-state index contributed by atoms with van der Waals surface area (Å²) >= 11 is 1.43. The number of carbonyl (C=O) groups is 2. The highest BCUT2D eigenvalue weighted by molar-refractivity contribution is 8.00. The molecule has 0 bridgehead atoms. The van der Waals surface area contributed by atoms with Crippen LogP contribution in [0, 0.1) is 6.92 Å². The zero-order chi connectivity index (χ0) is 19.8. The highest BCUT2D eigenvalue weighted by Crippen LogP contribution is 2.27. The molecule has 0 aromatic heterocycles. The first-order chi connectivity index (χ1) is 12.9. The first-order valence-corrected chi connectivity index (χ1v) is 9.78. The Morgan fingerprint density at radius 2 is 1.74 bits per heavy atom. The average Bonchev–Trinajstić information content (AvgIpc) is 2.64. The van der Waals surface area contributed by atoms with Crippen molar-refractivity contribution in [3.8, 4) is 5.75 Å². The van der Waals surface area contributed by atoms with Gasteiger partial charge in [0, 0.05) is 4.90 Å². The zero-order valence-corrected chi connectivity index (χ0v) is 16.9. The van der Waals surface area contributed by atoms with Gasteiger partial charge in [0.05, 0.1) is 5.25 Å². The van der Waals surface area contributed by atoms with Crippen LogP contribution in [0.5, 0.6) is 5.75 Å². The second kappa shape index (κ2) is 10.0. The summed E-state index contributed by atoms with van der Waals surface area (Å²) in [6.07, 6.45) is 0. The minimum atomic E-state index is -0.406. The molecule has 0 aliphatic heterocycles. The molecule has 0 spiro atoms. The van der Waals surface area contributed by atoms with Gasteiger partial charge in [0.1, 0.15) is 5.75 Å². The molecule has 27 heavy (non-hydrogen) atoms. The van der Waals surface area contributed by atoms with E-state index in [0.717, 1.165) is 16.0 Å². The number of thioether (sulfide) groups is 1. The average molecular weight is 387 g/mol.